The highest BCUT2D eigenvalue weighted by atomic mass is 32.2. The lowest BCUT2D eigenvalue weighted by atomic mass is 10.2. The second-order valence-electron chi connectivity index (χ2n) is 6.22. The molecule has 0 saturated carbocycles. The van der Waals surface area contributed by atoms with Gasteiger partial charge in [-0.15, -0.1) is 11.8 Å². The van der Waals surface area contributed by atoms with Gasteiger partial charge in [-0.3, -0.25) is 9.59 Å². The van der Waals surface area contributed by atoms with E-state index in [1.165, 1.54) is 11.1 Å². The van der Waals surface area contributed by atoms with Crippen molar-refractivity contribution in [2.24, 2.45) is 0 Å². The topological polar surface area (TPSA) is 49.4 Å². The standard InChI is InChI=1S/C20H22N2O2S/c1-15-4-6-16(7-5-15)13-25-14-19(23)21-17-8-10-18(11-9-17)22-12-2-3-20(22)24/h4-11H,2-3,12-14H2,1H3,(H,21,23). The summed E-state index contributed by atoms with van der Waals surface area (Å²) >= 11 is 1.60. The molecule has 0 atom stereocenters. The maximum atomic E-state index is 12.1. The first kappa shape index (κ1) is 17.5. The fourth-order valence-electron chi connectivity index (χ4n) is 2.79. The molecule has 0 radical (unpaired) electrons. The summed E-state index contributed by atoms with van der Waals surface area (Å²) in [4.78, 5) is 25.6. The van der Waals surface area contributed by atoms with Crippen LogP contribution < -0.4 is 10.2 Å². The highest BCUT2D eigenvalue weighted by molar-refractivity contribution is 7.99. The molecule has 0 aliphatic carbocycles. The SMILES string of the molecule is Cc1ccc(CSCC(=O)Nc2ccc(N3CCCC3=O)cc2)cc1. The zero-order valence-electron chi connectivity index (χ0n) is 14.3. The van der Waals surface area contributed by atoms with Gasteiger partial charge in [-0.1, -0.05) is 29.8 Å². The largest absolute Gasteiger partial charge is 0.325 e. The zero-order valence-corrected chi connectivity index (χ0v) is 15.1. The van der Waals surface area contributed by atoms with Gasteiger partial charge in [-0.25, -0.2) is 0 Å². The first-order chi connectivity index (χ1) is 12.1. The Morgan fingerprint density at radius 2 is 1.84 bits per heavy atom. The van der Waals surface area contributed by atoms with Crippen molar-refractivity contribution in [2.75, 3.05) is 22.5 Å². The first-order valence-electron chi connectivity index (χ1n) is 8.45. The summed E-state index contributed by atoms with van der Waals surface area (Å²) in [7, 11) is 0. The number of nitrogens with one attached hydrogen (secondary N) is 1. The third-order valence-electron chi connectivity index (χ3n) is 4.16. The third-order valence-corrected chi connectivity index (χ3v) is 5.16. The number of anilines is 2. The molecule has 1 aliphatic rings. The van der Waals surface area contributed by atoms with E-state index >= 15 is 0 Å². The van der Waals surface area contributed by atoms with E-state index in [0.29, 0.717) is 12.2 Å². The number of carbonyl (C=O) groups is 2. The van der Waals surface area contributed by atoms with Gasteiger partial charge in [0.05, 0.1) is 5.75 Å². The fourth-order valence-corrected chi connectivity index (χ4v) is 3.58. The van der Waals surface area contributed by atoms with Gasteiger partial charge in [0.2, 0.25) is 11.8 Å². The second-order valence-corrected chi connectivity index (χ2v) is 7.21. The Labute approximate surface area is 152 Å². The van der Waals surface area contributed by atoms with Gasteiger partial charge in [0.1, 0.15) is 0 Å². The molecule has 0 spiro atoms. The third kappa shape index (κ3) is 4.86. The molecule has 3 rings (SSSR count). The summed E-state index contributed by atoms with van der Waals surface area (Å²) in [5.74, 6) is 1.40. The molecule has 2 aromatic rings. The van der Waals surface area contributed by atoms with E-state index in [1.54, 1.807) is 16.7 Å². The van der Waals surface area contributed by atoms with E-state index in [9.17, 15) is 9.59 Å². The molecule has 2 amide bonds. The summed E-state index contributed by atoms with van der Waals surface area (Å²) in [5.41, 5.74) is 4.12. The molecule has 4 nitrogen and oxygen atoms in total. The molecule has 1 N–H and O–H groups in total. The number of benzene rings is 2. The maximum Gasteiger partial charge on any atom is 0.234 e. The van der Waals surface area contributed by atoms with E-state index < -0.39 is 0 Å². The molecular formula is C20H22N2O2S. The number of hydrogen-bond acceptors (Lipinski definition) is 3. The van der Waals surface area contributed by atoms with Gasteiger partial charge in [0, 0.05) is 30.1 Å². The van der Waals surface area contributed by atoms with Crippen LogP contribution in [0.2, 0.25) is 0 Å². The van der Waals surface area contributed by atoms with Gasteiger partial charge < -0.3 is 10.2 Å². The van der Waals surface area contributed by atoms with Gasteiger partial charge in [0.15, 0.2) is 0 Å². The summed E-state index contributed by atoms with van der Waals surface area (Å²) in [6, 6.07) is 15.8. The Hall–Kier alpha value is -2.27. The molecule has 1 aliphatic heterocycles. The van der Waals surface area contributed by atoms with Crippen LogP contribution in [0.1, 0.15) is 24.0 Å². The van der Waals surface area contributed by atoms with Crippen LogP contribution in [0.15, 0.2) is 48.5 Å². The molecule has 2 aromatic carbocycles. The van der Waals surface area contributed by atoms with Crippen molar-refractivity contribution in [3.8, 4) is 0 Å². The molecule has 0 aromatic heterocycles. The molecular weight excluding hydrogens is 332 g/mol. The minimum absolute atomic E-state index is 0.0119. The van der Waals surface area contributed by atoms with Crippen molar-refractivity contribution >= 4 is 35.0 Å². The fraction of sp³-hybridized carbons (Fsp3) is 0.300. The Kier molecular flexibility index (Phi) is 5.76. The van der Waals surface area contributed by atoms with Crippen molar-refractivity contribution in [3.05, 3.63) is 59.7 Å². The summed E-state index contributed by atoms with van der Waals surface area (Å²) in [6.07, 6.45) is 1.53. The van der Waals surface area contributed by atoms with Crippen molar-refractivity contribution in [1.29, 1.82) is 0 Å². The van der Waals surface area contributed by atoms with Gasteiger partial charge in [-0.05, 0) is 43.2 Å². The van der Waals surface area contributed by atoms with E-state index in [-0.39, 0.29) is 11.8 Å². The highest BCUT2D eigenvalue weighted by Crippen LogP contribution is 2.23. The van der Waals surface area contributed by atoms with Crippen LogP contribution in [0.5, 0.6) is 0 Å². The van der Waals surface area contributed by atoms with Gasteiger partial charge >= 0.3 is 0 Å². The number of hydrogen-bond donors (Lipinski definition) is 1. The van der Waals surface area contributed by atoms with Crippen molar-refractivity contribution in [1.82, 2.24) is 0 Å². The normalized spacial score (nSPS) is 14.0. The Bertz CT molecular complexity index is 741. The predicted molar refractivity (Wildman–Crippen MR) is 104 cm³/mol. The molecule has 1 fully saturated rings. The molecule has 0 bridgehead atoms. The number of rotatable bonds is 6. The van der Waals surface area contributed by atoms with Crippen LogP contribution in [0.25, 0.3) is 0 Å². The van der Waals surface area contributed by atoms with Crippen molar-refractivity contribution in [2.45, 2.75) is 25.5 Å². The second kappa shape index (κ2) is 8.21. The molecule has 1 saturated heterocycles. The minimum Gasteiger partial charge on any atom is -0.325 e. The smallest absolute Gasteiger partial charge is 0.234 e. The monoisotopic (exact) mass is 354 g/mol. The lowest BCUT2D eigenvalue weighted by Crippen LogP contribution is -2.23. The highest BCUT2D eigenvalue weighted by Gasteiger charge is 2.21. The first-order valence-corrected chi connectivity index (χ1v) is 9.61. The predicted octanol–water partition coefficient (Wildman–Crippen LogP) is 3.99. The zero-order chi connectivity index (χ0) is 17.6. The average molecular weight is 354 g/mol. The molecule has 5 heteroatoms. The minimum atomic E-state index is -0.0119. The van der Waals surface area contributed by atoms with Crippen LogP contribution in [0, 0.1) is 6.92 Å². The molecule has 25 heavy (non-hydrogen) atoms. The maximum absolute atomic E-state index is 12.1. The number of amides is 2. The van der Waals surface area contributed by atoms with Crippen molar-refractivity contribution in [3.63, 3.8) is 0 Å². The van der Waals surface area contributed by atoms with Crippen LogP contribution >= 0.6 is 11.8 Å². The lowest BCUT2D eigenvalue weighted by molar-refractivity contribution is -0.117. The Morgan fingerprint density at radius 1 is 1.12 bits per heavy atom. The van der Waals surface area contributed by atoms with Crippen LogP contribution in [0.4, 0.5) is 11.4 Å². The number of aryl methyl sites for hydroxylation is 1. The summed E-state index contributed by atoms with van der Waals surface area (Å²) in [6.45, 7) is 2.84. The van der Waals surface area contributed by atoms with Crippen LogP contribution in [0.3, 0.4) is 0 Å². The lowest BCUT2D eigenvalue weighted by Gasteiger charge is -2.16. The van der Waals surface area contributed by atoms with E-state index in [4.69, 9.17) is 0 Å². The summed E-state index contributed by atoms with van der Waals surface area (Å²) in [5, 5.41) is 2.90. The molecule has 130 valence electrons. The van der Waals surface area contributed by atoms with E-state index in [0.717, 1.165) is 30.1 Å². The number of carbonyl (C=O) groups excluding carboxylic acids is 2. The van der Waals surface area contributed by atoms with E-state index in [1.807, 2.05) is 24.3 Å². The number of thioether (sulfide) groups is 1. The van der Waals surface area contributed by atoms with Crippen LogP contribution in [-0.4, -0.2) is 24.1 Å². The molecule has 0 unspecified atom stereocenters. The van der Waals surface area contributed by atoms with Crippen molar-refractivity contribution < 1.29 is 9.59 Å². The Morgan fingerprint density at radius 3 is 2.48 bits per heavy atom. The molecule has 1 heterocycles. The average Bonchev–Trinajstić information content (AvgIpc) is 3.03. The number of nitrogens with zero attached hydrogens (tertiary/aromatic N) is 1. The van der Waals surface area contributed by atoms with Gasteiger partial charge in [0.25, 0.3) is 0 Å². The van der Waals surface area contributed by atoms with E-state index in [2.05, 4.69) is 36.5 Å². The van der Waals surface area contributed by atoms with Gasteiger partial charge in [-0.2, -0.15) is 0 Å². The quantitative estimate of drug-likeness (QED) is 0.853. The Balaban J connectivity index is 1.46. The summed E-state index contributed by atoms with van der Waals surface area (Å²) < 4.78 is 0. The van der Waals surface area contributed by atoms with Crippen LogP contribution in [-0.2, 0) is 15.3 Å².